The Morgan fingerprint density at radius 2 is 1.85 bits per heavy atom. The van der Waals surface area contributed by atoms with Gasteiger partial charge in [0.2, 0.25) is 0 Å². The first kappa shape index (κ1) is 12.5. The number of rotatable bonds is 4. The van der Waals surface area contributed by atoms with Gasteiger partial charge in [0.1, 0.15) is 5.82 Å². The van der Waals surface area contributed by atoms with Gasteiger partial charge >= 0.3 is 0 Å². The maximum absolute atomic E-state index is 4.46. The lowest BCUT2D eigenvalue weighted by molar-refractivity contribution is 0.549. The Morgan fingerprint density at radius 1 is 1.05 bits per heavy atom. The molecule has 1 atom stereocenters. The van der Waals surface area contributed by atoms with E-state index in [-0.39, 0.29) is 0 Å². The van der Waals surface area contributed by atoms with Crippen molar-refractivity contribution in [3.8, 4) is 11.4 Å². The van der Waals surface area contributed by atoms with E-state index in [1.807, 2.05) is 43.0 Å². The second-order valence-electron chi connectivity index (χ2n) is 4.81. The Bertz CT molecular complexity index is 661. The van der Waals surface area contributed by atoms with Gasteiger partial charge < -0.3 is 4.57 Å². The number of aromatic nitrogens is 4. The number of hydrogen-bond donors (Lipinski definition) is 0. The summed E-state index contributed by atoms with van der Waals surface area (Å²) in [5, 5.41) is 0. The largest absolute Gasteiger partial charge is 0.328 e. The van der Waals surface area contributed by atoms with Crippen LogP contribution in [0.5, 0.6) is 0 Å². The molecular weight excluding hydrogens is 248 g/mol. The van der Waals surface area contributed by atoms with E-state index in [9.17, 15) is 0 Å². The molecule has 4 heteroatoms. The highest BCUT2D eigenvalue weighted by molar-refractivity contribution is 5.53. The lowest BCUT2D eigenvalue weighted by atomic mass is 10.1. The lowest BCUT2D eigenvalue weighted by Crippen LogP contribution is -2.09. The van der Waals surface area contributed by atoms with Crippen LogP contribution in [-0.4, -0.2) is 19.5 Å². The highest BCUT2D eigenvalue weighted by Gasteiger charge is 2.12. The molecule has 0 fully saturated rings. The van der Waals surface area contributed by atoms with Crippen LogP contribution >= 0.6 is 0 Å². The van der Waals surface area contributed by atoms with E-state index in [0.717, 1.165) is 17.8 Å². The first-order valence-electron chi connectivity index (χ1n) is 6.67. The zero-order valence-electron chi connectivity index (χ0n) is 11.3. The van der Waals surface area contributed by atoms with Crippen LogP contribution in [0.2, 0.25) is 0 Å². The average Bonchev–Trinajstić information content (AvgIpc) is 2.99. The fourth-order valence-corrected chi connectivity index (χ4v) is 2.35. The van der Waals surface area contributed by atoms with Crippen LogP contribution < -0.4 is 0 Å². The summed E-state index contributed by atoms with van der Waals surface area (Å²) in [5.74, 6) is 0.953. The Balaban J connectivity index is 1.86. The van der Waals surface area contributed by atoms with Crippen LogP contribution in [0.3, 0.4) is 0 Å². The topological polar surface area (TPSA) is 43.6 Å². The molecule has 0 spiro atoms. The van der Waals surface area contributed by atoms with Crippen molar-refractivity contribution in [2.45, 2.75) is 19.4 Å². The first-order valence-corrected chi connectivity index (χ1v) is 6.67. The quantitative estimate of drug-likeness (QED) is 0.727. The first-order chi connectivity index (χ1) is 9.84. The van der Waals surface area contributed by atoms with Gasteiger partial charge in [-0.25, -0.2) is 4.98 Å². The zero-order valence-corrected chi connectivity index (χ0v) is 11.3. The molecule has 0 N–H and O–H groups in total. The normalized spacial score (nSPS) is 12.2. The van der Waals surface area contributed by atoms with E-state index >= 15 is 0 Å². The van der Waals surface area contributed by atoms with Gasteiger partial charge in [-0.15, -0.1) is 0 Å². The van der Waals surface area contributed by atoms with Crippen LogP contribution in [0.25, 0.3) is 11.4 Å². The number of hydrogen-bond acceptors (Lipinski definition) is 3. The maximum Gasteiger partial charge on any atom is 0.141 e. The van der Waals surface area contributed by atoms with Crippen LogP contribution in [0, 0.1) is 0 Å². The molecule has 0 bridgehead atoms. The maximum atomic E-state index is 4.46. The third-order valence-electron chi connectivity index (χ3n) is 3.32. The predicted octanol–water partition coefficient (Wildman–Crippen LogP) is 3.14. The number of pyridine rings is 2. The molecule has 3 aromatic rings. The van der Waals surface area contributed by atoms with Crippen molar-refractivity contribution in [2.24, 2.45) is 0 Å². The van der Waals surface area contributed by atoms with Crippen LogP contribution in [0.1, 0.15) is 18.5 Å². The van der Waals surface area contributed by atoms with Crippen LogP contribution in [0.15, 0.2) is 61.4 Å². The molecule has 3 aromatic heterocycles. The molecule has 0 saturated heterocycles. The fourth-order valence-electron chi connectivity index (χ4n) is 2.35. The summed E-state index contributed by atoms with van der Waals surface area (Å²) in [4.78, 5) is 12.8. The van der Waals surface area contributed by atoms with Gasteiger partial charge in [0.25, 0.3) is 0 Å². The average molecular weight is 264 g/mol. The Hall–Kier alpha value is -2.49. The summed E-state index contributed by atoms with van der Waals surface area (Å²) < 4.78 is 2.18. The molecule has 0 radical (unpaired) electrons. The molecule has 0 aliphatic carbocycles. The van der Waals surface area contributed by atoms with E-state index in [2.05, 4.69) is 32.5 Å². The summed E-state index contributed by atoms with van der Waals surface area (Å²) in [5.41, 5.74) is 2.27. The van der Waals surface area contributed by atoms with Crippen molar-refractivity contribution in [1.29, 1.82) is 0 Å². The van der Waals surface area contributed by atoms with Crippen molar-refractivity contribution in [2.75, 3.05) is 0 Å². The minimum Gasteiger partial charge on any atom is -0.328 e. The highest BCUT2D eigenvalue weighted by atomic mass is 15.1. The van der Waals surface area contributed by atoms with Crippen molar-refractivity contribution < 1.29 is 0 Å². The van der Waals surface area contributed by atoms with Gasteiger partial charge in [0.15, 0.2) is 0 Å². The van der Waals surface area contributed by atoms with Gasteiger partial charge in [-0.3, -0.25) is 9.97 Å². The van der Waals surface area contributed by atoms with Crippen molar-refractivity contribution in [1.82, 2.24) is 19.5 Å². The molecule has 3 heterocycles. The Morgan fingerprint density at radius 3 is 2.55 bits per heavy atom. The fraction of sp³-hybridized carbons (Fsp3) is 0.188. The van der Waals surface area contributed by atoms with Gasteiger partial charge in [0.05, 0.1) is 0 Å². The third kappa shape index (κ3) is 2.59. The summed E-state index contributed by atoms with van der Waals surface area (Å²) in [6.07, 6.45) is 12.1. The van der Waals surface area contributed by atoms with Crippen LogP contribution in [-0.2, 0) is 6.42 Å². The number of nitrogens with zero attached hydrogens (tertiary/aromatic N) is 4. The van der Waals surface area contributed by atoms with Gasteiger partial charge in [0, 0.05) is 48.8 Å². The molecule has 0 saturated carbocycles. The van der Waals surface area contributed by atoms with Crippen molar-refractivity contribution in [3.63, 3.8) is 0 Å². The van der Waals surface area contributed by atoms with E-state index in [1.54, 1.807) is 12.4 Å². The SMILES string of the molecule is CC(Cc1cccnc1)n1ccnc1-c1cccnc1. The van der Waals surface area contributed by atoms with Gasteiger partial charge in [-0.05, 0) is 37.1 Å². The van der Waals surface area contributed by atoms with E-state index in [0.29, 0.717) is 6.04 Å². The Kier molecular flexibility index (Phi) is 3.54. The van der Waals surface area contributed by atoms with Gasteiger partial charge in [-0.2, -0.15) is 0 Å². The molecule has 1 unspecified atom stereocenters. The molecule has 100 valence electrons. The monoisotopic (exact) mass is 264 g/mol. The van der Waals surface area contributed by atoms with Crippen molar-refractivity contribution >= 4 is 0 Å². The standard InChI is InChI=1S/C16H16N4/c1-13(10-14-4-2-6-17-11-14)20-9-8-19-16(20)15-5-3-7-18-12-15/h2-9,11-13H,10H2,1H3. The second-order valence-corrected chi connectivity index (χ2v) is 4.81. The molecule has 0 aliphatic heterocycles. The summed E-state index contributed by atoms with van der Waals surface area (Å²) in [6.45, 7) is 2.19. The third-order valence-corrected chi connectivity index (χ3v) is 3.32. The minimum absolute atomic E-state index is 0.317. The van der Waals surface area contributed by atoms with Crippen LogP contribution in [0.4, 0.5) is 0 Å². The second kappa shape index (κ2) is 5.65. The van der Waals surface area contributed by atoms with Gasteiger partial charge in [-0.1, -0.05) is 6.07 Å². The summed E-state index contributed by atoms with van der Waals surface area (Å²) in [6, 6.07) is 8.35. The highest BCUT2D eigenvalue weighted by Crippen LogP contribution is 2.22. The smallest absolute Gasteiger partial charge is 0.141 e. The molecule has 20 heavy (non-hydrogen) atoms. The molecule has 0 aliphatic rings. The lowest BCUT2D eigenvalue weighted by Gasteiger charge is -2.16. The molecular formula is C16H16N4. The van der Waals surface area contributed by atoms with E-state index in [1.165, 1.54) is 5.56 Å². The van der Waals surface area contributed by atoms with E-state index in [4.69, 9.17) is 0 Å². The summed E-state index contributed by atoms with van der Waals surface area (Å²) >= 11 is 0. The molecule has 0 aromatic carbocycles. The molecule has 4 nitrogen and oxygen atoms in total. The Labute approximate surface area is 118 Å². The molecule has 3 rings (SSSR count). The summed E-state index contributed by atoms with van der Waals surface area (Å²) in [7, 11) is 0. The van der Waals surface area contributed by atoms with Crippen molar-refractivity contribution in [3.05, 3.63) is 67.0 Å². The predicted molar refractivity (Wildman–Crippen MR) is 78.1 cm³/mol. The minimum atomic E-state index is 0.317. The zero-order chi connectivity index (χ0) is 13.8. The van der Waals surface area contributed by atoms with E-state index < -0.39 is 0 Å². The molecule has 0 amide bonds. The number of imidazole rings is 1.